The highest BCUT2D eigenvalue weighted by Gasteiger charge is 2.17. The first-order valence-electron chi connectivity index (χ1n) is 6.95. The van der Waals surface area contributed by atoms with Crippen LogP contribution in [0.4, 0.5) is 4.79 Å². The van der Waals surface area contributed by atoms with Crippen molar-refractivity contribution in [2.75, 3.05) is 0 Å². The number of carbonyl (C=O) groups excluding carboxylic acids is 1. The van der Waals surface area contributed by atoms with Crippen molar-refractivity contribution in [1.82, 2.24) is 5.32 Å². The van der Waals surface area contributed by atoms with Crippen LogP contribution in [0.1, 0.15) is 67.2 Å². The molecule has 1 atom stereocenters. The van der Waals surface area contributed by atoms with Gasteiger partial charge in [-0.3, -0.25) is 0 Å². The lowest BCUT2D eigenvalue weighted by Crippen LogP contribution is -2.37. The Hall–Kier alpha value is -0.990. The number of rotatable bonds is 6. The Morgan fingerprint density at radius 1 is 1.33 bits per heavy atom. The maximum Gasteiger partial charge on any atom is 0.407 e. The third-order valence-electron chi connectivity index (χ3n) is 2.61. The number of hydrogen-bond acceptors (Lipinski definition) is 2. The molecule has 0 saturated heterocycles. The van der Waals surface area contributed by atoms with Crippen LogP contribution in [0.15, 0.2) is 11.6 Å². The van der Waals surface area contributed by atoms with Crippen molar-refractivity contribution in [3.8, 4) is 0 Å². The van der Waals surface area contributed by atoms with Gasteiger partial charge >= 0.3 is 6.09 Å². The largest absolute Gasteiger partial charge is 0.444 e. The van der Waals surface area contributed by atoms with Gasteiger partial charge in [0, 0.05) is 6.04 Å². The Kier molecular flexibility index (Phi) is 7.72. The van der Waals surface area contributed by atoms with E-state index in [0.717, 1.165) is 25.7 Å². The van der Waals surface area contributed by atoms with Crippen molar-refractivity contribution in [3.63, 3.8) is 0 Å². The maximum absolute atomic E-state index is 11.6. The van der Waals surface area contributed by atoms with E-state index in [4.69, 9.17) is 4.74 Å². The highest BCUT2D eigenvalue weighted by molar-refractivity contribution is 5.67. The molecule has 0 radical (unpaired) electrons. The van der Waals surface area contributed by atoms with Crippen molar-refractivity contribution < 1.29 is 9.53 Å². The van der Waals surface area contributed by atoms with E-state index >= 15 is 0 Å². The molecule has 0 aliphatic rings. The molecule has 0 aromatic carbocycles. The number of alkyl carbamates (subject to hydrolysis) is 1. The smallest absolute Gasteiger partial charge is 0.407 e. The summed E-state index contributed by atoms with van der Waals surface area (Å²) < 4.78 is 5.22. The van der Waals surface area contributed by atoms with E-state index in [-0.39, 0.29) is 12.1 Å². The Morgan fingerprint density at radius 3 is 2.39 bits per heavy atom. The molecular weight excluding hydrogens is 226 g/mol. The minimum atomic E-state index is -0.430. The molecule has 1 amide bonds. The van der Waals surface area contributed by atoms with Gasteiger partial charge in [0.15, 0.2) is 0 Å². The Balaban J connectivity index is 4.01. The lowest BCUT2D eigenvalue weighted by Gasteiger charge is -2.22. The van der Waals surface area contributed by atoms with Gasteiger partial charge < -0.3 is 10.1 Å². The summed E-state index contributed by atoms with van der Waals surface area (Å²) in [5.41, 5.74) is 1.04. The molecule has 0 saturated carbocycles. The van der Waals surface area contributed by atoms with Crippen molar-refractivity contribution >= 4 is 6.09 Å². The molecule has 3 nitrogen and oxygen atoms in total. The quantitative estimate of drug-likeness (QED) is 0.713. The van der Waals surface area contributed by atoms with Gasteiger partial charge in [-0.2, -0.15) is 0 Å². The minimum Gasteiger partial charge on any atom is -0.444 e. The molecule has 0 aliphatic carbocycles. The summed E-state index contributed by atoms with van der Waals surface area (Å²) in [6, 6.07) is 0.145. The zero-order valence-corrected chi connectivity index (χ0v) is 12.8. The fraction of sp³-hybridized carbons (Fsp3) is 0.800. The van der Waals surface area contributed by atoms with E-state index in [2.05, 4.69) is 25.2 Å². The second-order valence-corrected chi connectivity index (χ2v) is 5.71. The van der Waals surface area contributed by atoms with Crippen molar-refractivity contribution in [2.45, 2.75) is 78.9 Å². The van der Waals surface area contributed by atoms with Crippen molar-refractivity contribution in [2.24, 2.45) is 0 Å². The molecule has 0 aliphatic heterocycles. The molecule has 1 N–H and O–H groups in total. The molecule has 0 aromatic rings. The van der Waals surface area contributed by atoms with Crippen molar-refractivity contribution in [1.29, 1.82) is 0 Å². The van der Waals surface area contributed by atoms with Crippen LogP contribution in [-0.2, 0) is 4.74 Å². The van der Waals surface area contributed by atoms with Crippen molar-refractivity contribution in [3.05, 3.63) is 11.6 Å². The lowest BCUT2D eigenvalue weighted by molar-refractivity contribution is 0.0506. The average molecular weight is 255 g/mol. The number of ether oxygens (including phenoxy) is 1. The SMILES string of the molecule is CC/C=C(\CC)CC[C@H](C)NC(=O)OC(C)(C)C. The summed E-state index contributed by atoms with van der Waals surface area (Å²) in [6.07, 6.45) is 6.12. The number of nitrogens with one attached hydrogen (secondary N) is 1. The van der Waals surface area contributed by atoms with Crippen LogP contribution in [0.3, 0.4) is 0 Å². The van der Waals surface area contributed by atoms with Crippen LogP contribution in [0.5, 0.6) is 0 Å². The predicted octanol–water partition coefficient (Wildman–Crippen LogP) is 4.43. The molecule has 0 fully saturated rings. The maximum atomic E-state index is 11.6. The van der Waals surface area contributed by atoms with Gasteiger partial charge in [-0.05, 0) is 53.4 Å². The van der Waals surface area contributed by atoms with E-state index in [1.807, 2.05) is 27.7 Å². The van der Waals surface area contributed by atoms with Crippen LogP contribution >= 0.6 is 0 Å². The fourth-order valence-corrected chi connectivity index (χ4v) is 1.69. The number of amides is 1. The first-order valence-corrected chi connectivity index (χ1v) is 6.95. The third-order valence-corrected chi connectivity index (χ3v) is 2.61. The van der Waals surface area contributed by atoms with Gasteiger partial charge in [0.2, 0.25) is 0 Å². The standard InChI is InChI=1S/C15H29NO2/c1-7-9-13(8-2)11-10-12(3)16-14(17)18-15(4,5)6/h9,12H,7-8,10-11H2,1-6H3,(H,16,17)/b13-9+/t12-/m0/s1. The molecular formula is C15H29NO2. The van der Waals surface area contributed by atoms with Gasteiger partial charge in [-0.25, -0.2) is 4.79 Å². The number of hydrogen-bond donors (Lipinski definition) is 1. The van der Waals surface area contributed by atoms with Gasteiger partial charge in [0.25, 0.3) is 0 Å². The molecule has 106 valence electrons. The number of carbonyl (C=O) groups is 1. The van der Waals surface area contributed by atoms with Crippen LogP contribution in [0, 0.1) is 0 Å². The second kappa shape index (κ2) is 8.17. The number of allylic oxidation sites excluding steroid dienone is 2. The zero-order chi connectivity index (χ0) is 14.2. The van der Waals surface area contributed by atoms with E-state index in [1.54, 1.807) is 0 Å². The second-order valence-electron chi connectivity index (χ2n) is 5.71. The summed E-state index contributed by atoms with van der Waals surface area (Å²) in [5.74, 6) is 0. The topological polar surface area (TPSA) is 38.3 Å². The van der Waals surface area contributed by atoms with E-state index in [0.29, 0.717) is 0 Å². The van der Waals surface area contributed by atoms with E-state index < -0.39 is 5.60 Å². The predicted molar refractivity (Wildman–Crippen MR) is 76.7 cm³/mol. The molecule has 18 heavy (non-hydrogen) atoms. The highest BCUT2D eigenvalue weighted by atomic mass is 16.6. The average Bonchev–Trinajstić information content (AvgIpc) is 2.21. The normalized spacial score (nSPS) is 14.2. The monoisotopic (exact) mass is 255 g/mol. The zero-order valence-electron chi connectivity index (χ0n) is 12.8. The molecule has 0 heterocycles. The fourth-order valence-electron chi connectivity index (χ4n) is 1.69. The van der Waals surface area contributed by atoms with Gasteiger partial charge in [0.1, 0.15) is 5.60 Å². The van der Waals surface area contributed by atoms with Crippen LogP contribution < -0.4 is 5.32 Å². The Morgan fingerprint density at radius 2 is 1.94 bits per heavy atom. The van der Waals surface area contributed by atoms with Gasteiger partial charge in [-0.1, -0.05) is 25.5 Å². The molecule has 3 heteroatoms. The van der Waals surface area contributed by atoms with E-state index in [9.17, 15) is 4.79 Å². The molecule has 0 rings (SSSR count). The van der Waals surface area contributed by atoms with Crippen LogP contribution in [0.2, 0.25) is 0 Å². The van der Waals surface area contributed by atoms with Crippen LogP contribution in [-0.4, -0.2) is 17.7 Å². The summed E-state index contributed by atoms with van der Waals surface area (Å²) in [7, 11) is 0. The first-order chi connectivity index (χ1) is 8.28. The minimum absolute atomic E-state index is 0.145. The Bertz CT molecular complexity index is 277. The third kappa shape index (κ3) is 9.08. The van der Waals surface area contributed by atoms with Crippen LogP contribution in [0.25, 0.3) is 0 Å². The molecule has 0 unspecified atom stereocenters. The summed E-state index contributed by atoms with van der Waals surface area (Å²) in [6.45, 7) is 12.0. The van der Waals surface area contributed by atoms with Gasteiger partial charge in [-0.15, -0.1) is 0 Å². The molecule has 0 aromatic heterocycles. The molecule has 0 bridgehead atoms. The van der Waals surface area contributed by atoms with E-state index in [1.165, 1.54) is 5.57 Å². The summed E-state index contributed by atoms with van der Waals surface area (Å²) in [4.78, 5) is 11.6. The highest BCUT2D eigenvalue weighted by Crippen LogP contribution is 2.13. The summed E-state index contributed by atoms with van der Waals surface area (Å²) in [5, 5.41) is 2.87. The first kappa shape index (κ1) is 17.0. The molecule has 0 spiro atoms. The van der Waals surface area contributed by atoms with Gasteiger partial charge in [0.05, 0.1) is 0 Å². The summed E-state index contributed by atoms with van der Waals surface area (Å²) >= 11 is 0. The lowest BCUT2D eigenvalue weighted by atomic mass is 10.0. The Labute approximate surface area is 112 Å².